The van der Waals surface area contributed by atoms with Crippen molar-refractivity contribution in [3.05, 3.63) is 35.4 Å². The van der Waals surface area contributed by atoms with Crippen LogP contribution >= 0.6 is 0 Å². The molecule has 0 saturated carbocycles. The van der Waals surface area contributed by atoms with Crippen LogP contribution in [0, 0.1) is 6.92 Å². The fourth-order valence-electron chi connectivity index (χ4n) is 2.46. The predicted molar refractivity (Wildman–Crippen MR) is 93.2 cm³/mol. The lowest BCUT2D eigenvalue weighted by Gasteiger charge is -2.35. The number of piperazine rings is 1. The molecule has 0 spiro atoms. The molecule has 0 N–H and O–H groups in total. The largest absolute Gasteiger partial charge is 0.444 e. The molecule has 1 aromatic rings. The van der Waals surface area contributed by atoms with Crippen LogP contribution in [0.5, 0.6) is 0 Å². The van der Waals surface area contributed by atoms with Crippen molar-refractivity contribution >= 4 is 16.1 Å². The number of carbonyl (C=O) groups is 1. The molecule has 6 nitrogen and oxygen atoms in total. The molecule has 1 saturated heterocycles. The Labute approximate surface area is 144 Å². The van der Waals surface area contributed by atoms with Crippen molar-refractivity contribution in [1.29, 1.82) is 0 Å². The second-order valence-corrected chi connectivity index (χ2v) is 9.08. The number of hydrogen-bond acceptors (Lipinski definition) is 4. The van der Waals surface area contributed by atoms with Crippen molar-refractivity contribution < 1.29 is 17.9 Å². The molecule has 0 bridgehead atoms. The van der Waals surface area contributed by atoms with E-state index < -0.39 is 21.7 Å². The highest BCUT2D eigenvalue weighted by Gasteiger charge is 2.30. The zero-order valence-corrected chi connectivity index (χ0v) is 15.6. The minimum Gasteiger partial charge on any atom is -0.444 e. The molecule has 2 rings (SSSR count). The normalized spacial score (nSPS) is 16.9. The fraction of sp³-hybridized carbons (Fsp3) is 0.588. The van der Waals surface area contributed by atoms with Gasteiger partial charge >= 0.3 is 6.09 Å². The number of ether oxygens (including phenoxy) is 1. The van der Waals surface area contributed by atoms with E-state index in [2.05, 4.69) is 0 Å². The van der Waals surface area contributed by atoms with Crippen molar-refractivity contribution in [2.75, 3.05) is 26.2 Å². The zero-order chi connectivity index (χ0) is 18.0. The topological polar surface area (TPSA) is 66.9 Å². The van der Waals surface area contributed by atoms with E-state index in [0.717, 1.165) is 11.1 Å². The Balaban J connectivity index is 1.93. The Kier molecular flexibility index (Phi) is 5.55. The second-order valence-electron chi connectivity index (χ2n) is 7.11. The molecule has 0 radical (unpaired) electrons. The van der Waals surface area contributed by atoms with Gasteiger partial charge in [-0.25, -0.2) is 13.2 Å². The minimum atomic E-state index is -3.38. The highest BCUT2D eigenvalue weighted by atomic mass is 32.2. The lowest BCUT2D eigenvalue weighted by Crippen LogP contribution is -2.51. The van der Waals surface area contributed by atoms with E-state index in [0.29, 0.717) is 26.2 Å². The summed E-state index contributed by atoms with van der Waals surface area (Å²) in [7, 11) is -3.38. The van der Waals surface area contributed by atoms with E-state index in [9.17, 15) is 13.2 Å². The highest BCUT2D eigenvalue weighted by Crippen LogP contribution is 2.16. The fourth-order valence-corrected chi connectivity index (χ4v) is 3.98. The summed E-state index contributed by atoms with van der Waals surface area (Å²) >= 11 is 0. The Hall–Kier alpha value is -1.60. The Morgan fingerprint density at radius 1 is 1.08 bits per heavy atom. The molecule has 1 amide bonds. The van der Waals surface area contributed by atoms with Gasteiger partial charge in [0.2, 0.25) is 10.0 Å². The molecule has 0 unspecified atom stereocenters. The van der Waals surface area contributed by atoms with Crippen molar-refractivity contribution in [2.24, 2.45) is 0 Å². The van der Waals surface area contributed by atoms with Gasteiger partial charge in [-0.15, -0.1) is 0 Å². The molecule has 1 aliphatic heterocycles. The van der Waals surface area contributed by atoms with Gasteiger partial charge in [0.15, 0.2) is 0 Å². The zero-order valence-electron chi connectivity index (χ0n) is 14.8. The number of sulfonamides is 1. The molecule has 1 fully saturated rings. The van der Waals surface area contributed by atoms with Crippen LogP contribution in [0.2, 0.25) is 0 Å². The van der Waals surface area contributed by atoms with Gasteiger partial charge in [-0.3, -0.25) is 0 Å². The Bertz CT molecular complexity index is 670. The Morgan fingerprint density at radius 3 is 2.12 bits per heavy atom. The molecular weight excluding hydrogens is 328 g/mol. The van der Waals surface area contributed by atoms with E-state index in [1.54, 1.807) is 4.90 Å². The molecule has 1 aliphatic rings. The maximum atomic E-state index is 12.5. The van der Waals surface area contributed by atoms with E-state index in [1.165, 1.54) is 4.31 Å². The van der Waals surface area contributed by atoms with Crippen LogP contribution in [-0.4, -0.2) is 55.5 Å². The molecule has 134 valence electrons. The number of amides is 1. The van der Waals surface area contributed by atoms with Crippen molar-refractivity contribution in [1.82, 2.24) is 9.21 Å². The summed E-state index contributed by atoms with van der Waals surface area (Å²) in [6, 6.07) is 7.49. The van der Waals surface area contributed by atoms with Crippen LogP contribution in [0.4, 0.5) is 4.79 Å². The first-order valence-corrected chi connectivity index (χ1v) is 9.69. The third kappa shape index (κ3) is 5.21. The predicted octanol–water partition coefficient (Wildman–Crippen LogP) is 2.38. The third-order valence-electron chi connectivity index (χ3n) is 3.75. The van der Waals surface area contributed by atoms with Crippen LogP contribution in [0.3, 0.4) is 0 Å². The third-order valence-corrected chi connectivity index (χ3v) is 5.60. The summed E-state index contributed by atoms with van der Waals surface area (Å²) in [5, 5.41) is 0. The van der Waals surface area contributed by atoms with Crippen LogP contribution in [0.25, 0.3) is 0 Å². The van der Waals surface area contributed by atoms with Gasteiger partial charge < -0.3 is 9.64 Å². The number of aryl methyl sites for hydroxylation is 1. The first-order chi connectivity index (χ1) is 11.1. The summed E-state index contributed by atoms with van der Waals surface area (Å²) in [6.07, 6.45) is -0.391. The van der Waals surface area contributed by atoms with Gasteiger partial charge in [0, 0.05) is 26.2 Å². The van der Waals surface area contributed by atoms with Gasteiger partial charge in [-0.05, 0) is 33.3 Å². The number of benzene rings is 1. The molecule has 1 heterocycles. The number of carbonyl (C=O) groups excluding carboxylic acids is 1. The van der Waals surface area contributed by atoms with Gasteiger partial charge in [-0.1, -0.05) is 29.8 Å². The van der Waals surface area contributed by atoms with E-state index in [4.69, 9.17) is 4.74 Å². The van der Waals surface area contributed by atoms with Crippen LogP contribution in [0.1, 0.15) is 31.9 Å². The quantitative estimate of drug-likeness (QED) is 0.836. The summed E-state index contributed by atoms with van der Waals surface area (Å²) in [6.45, 7) is 8.70. The van der Waals surface area contributed by atoms with Gasteiger partial charge in [0.05, 0.1) is 5.75 Å². The van der Waals surface area contributed by atoms with Crippen LogP contribution in [-0.2, 0) is 20.5 Å². The molecule has 1 aromatic carbocycles. The van der Waals surface area contributed by atoms with Crippen molar-refractivity contribution in [2.45, 2.75) is 39.0 Å². The average molecular weight is 354 g/mol. The van der Waals surface area contributed by atoms with E-state index in [-0.39, 0.29) is 5.75 Å². The first kappa shape index (κ1) is 18.7. The number of hydrogen-bond donors (Lipinski definition) is 0. The first-order valence-electron chi connectivity index (χ1n) is 8.08. The SMILES string of the molecule is Cc1ccc(CS(=O)(=O)N2CCN(C(=O)OC(C)(C)C)CC2)cc1. The van der Waals surface area contributed by atoms with Crippen molar-refractivity contribution in [3.8, 4) is 0 Å². The standard InChI is InChI=1S/C17H26N2O4S/c1-14-5-7-15(8-6-14)13-24(21,22)19-11-9-18(10-12-19)16(20)23-17(2,3)4/h5-8H,9-13H2,1-4H3. The van der Waals surface area contributed by atoms with Crippen LogP contribution in [0.15, 0.2) is 24.3 Å². The minimum absolute atomic E-state index is 0.0142. The summed E-state index contributed by atoms with van der Waals surface area (Å²) in [4.78, 5) is 13.6. The van der Waals surface area contributed by atoms with Gasteiger partial charge in [-0.2, -0.15) is 4.31 Å². The monoisotopic (exact) mass is 354 g/mol. The maximum absolute atomic E-state index is 12.5. The van der Waals surface area contributed by atoms with Crippen molar-refractivity contribution in [3.63, 3.8) is 0 Å². The van der Waals surface area contributed by atoms with Gasteiger partial charge in [0.25, 0.3) is 0 Å². The molecule has 0 aliphatic carbocycles. The molecule has 0 atom stereocenters. The van der Waals surface area contributed by atoms with E-state index in [1.807, 2.05) is 52.0 Å². The molecule has 0 aromatic heterocycles. The summed E-state index contributed by atoms with van der Waals surface area (Å²) in [5.74, 6) is -0.0142. The van der Waals surface area contributed by atoms with Crippen LogP contribution < -0.4 is 0 Å². The smallest absolute Gasteiger partial charge is 0.410 e. The molecular formula is C17H26N2O4S. The number of rotatable bonds is 3. The lowest BCUT2D eigenvalue weighted by atomic mass is 10.2. The average Bonchev–Trinajstić information content (AvgIpc) is 2.48. The number of nitrogens with zero attached hydrogens (tertiary/aromatic N) is 2. The Morgan fingerprint density at radius 2 is 1.62 bits per heavy atom. The highest BCUT2D eigenvalue weighted by molar-refractivity contribution is 7.88. The molecule has 24 heavy (non-hydrogen) atoms. The summed E-state index contributed by atoms with van der Waals surface area (Å²) in [5.41, 5.74) is 1.32. The van der Waals surface area contributed by atoms with Gasteiger partial charge in [0.1, 0.15) is 5.60 Å². The summed E-state index contributed by atoms with van der Waals surface area (Å²) < 4.78 is 31.8. The molecule has 7 heteroatoms. The maximum Gasteiger partial charge on any atom is 0.410 e. The van der Waals surface area contributed by atoms with E-state index >= 15 is 0 Å². The second kappa shape index (κ2) is 7.11. The lowest BCUT2D eigenvalue weighted by molar-refractivity contribution is 0.0192.